The fraction of sp³-hybridized carbons (Fsp3) is 0.625. The van der Waals surface area contributed by atoms with Gasteiger partial charge in [0.25, 0.3) is 0 Å². The topological polar surface area (TPSA) is 77.0 Å². The second-order valence-electron chi connectivity index (χ2n) is 3.48. The molecule has 0 spiro atoms. The van der Waals surface area contributed by atoms with Crippen molar-refractivity contribution in [2.45, 2.75) is 19.3 Å². The van der Waals surface area contributed by atoms with E-state index in [9.17, 15) is 18.0 Å². The molecule has 0 fully saturated rings. The molecule has 0 aliphatic heterocycles. The molecule has 1 aromatic heterocycles. The van der Waals surface area contributed by atoms with E-state index < -0.39 is 18.6 Å². The Kier molecular flexibility index (Phi) is 4.05. The minimum atomic E-state index is -4.41. The van der Waals surface area contributed by atoms with Crippen molar-refractivity contribution >= 4 is 5.91 Å². The average Bonchev–Trinajstić information content (AvgIpc) is 2.62. The molecule has 0 unspecified atom stereocenters. The van der Waals surface area contributed by atoms with Gasteiger partial charge in [-0.2, -0.15) is 13.2 Å². The summed E-state index contributed by atoms with van der Waals surface area (Å²) in [6, 6.07) is 0. The van der Waals surface area contributed by atoms with Crippen molar-refractivity contribution in [1.29, 1.82) is 0 Å². The predicted molar refractivity (Wildman–Crippen MR) is 51.6 cm³/mol. The van der Waals surface area contributed by atoms with Crippen LogP contribution in [0, 0.1) is 0 Å². The van der Waals surface area contributed by atoms with Gasteiger partial charge < -0.3 is 10.6 Å². The van der Waals surface area contributed by atoms with Crippen LogP contribution >= 0.6 is 0 Å². The molecular formula is C8H12F3N5O. The molecule has 1 rings (SSSR count). The summed E-state index contributed by atoms with van der Waals surface area (Å²) in [4.78, 5) is 12.0. The summed E-state index contributed by atoms with van der Waals surface area (Å²) < 4.78 is 37.2. The number of hydrogen-bond acceptors (Lipinski definition) is 4. The van der Waals surface area contributed by atoms with E-state index in [0.717, 1.165) is 11.7 Å². The minimum absolute atomic E-state index is 0.159. The van der Waals surface area contributed by atoms with Crippen molar-refractivity contribution in [1.82, 2.24) is 19.9 Å². The highest BCUT2D eigenvalue weighted by Gasteiger charge is 2.31. The fourth-order valence-electron chi connectivity index (χ4n) is 1.13. The van der Waals surface area contributed by atoms with E-state index >= 15 is 0 Å². The maximum absolute atomic E-state index is 12.0. The molecule has 1 amide bonds. The Bertz CT molecular complexity index is 389. The lowest BCUT2D eigenvalue weighted by Crippen LogP contribution is -2.37. The second-order valence-corrected chi connectivity index (χ2v) is 3.48. The van der Waals surface area contributed by atoms with E-state index in [2.05, 4.69) is 10.3 Å². The van der Waals surface area contributed by atoms with E-state index in [1.165, 1.54) is 6.20 Å². The number of nitrogens with zero attached hydrogens (tertiary/aromatic N) is 4. The number of alkyl halides is 3. The molecule has 0 saturated carbocycles. The van der Waals surface area contributed by atoms with E-state index in [4.69, 9.17) is 5.73 Å². The summed E-state index contributed by atoms with van der Waals surface area (Å²) in [6.45, 7) is -1.42. The zero-order chi connectivity index (χ0) is 13.1. The van der Waals surface area contributed by atoms with Crippen molar-refractivity contribution in [2.75, 3.05) is 13.6 Å². The van der Waals surface area contributed by atoms with E-state index in [1.54, 1.807) is 0 Å². The SMILES string of the molecule is CN(CC(F)(F)F)C(=O)Cn1cc(CN)nn1. The third kappa shape index (κ3) is 4.39. The Morgan fingerprint density at radius 1 is 1.59 bits per heavy atom. The van der Waals surface area contributed by atoms with E-state index in [-0.39, 0.29) is 13.1 Å². The minimum Gasteiger partial charge on any atom is -0.335 e. The molecule has 0 aliphatic carbocycles. The molecule has 0 saturated heterocycles. The summed E-state index contributed by atoms with van der Waals surface area (Å²) in [5.74, 6) is -0.698. The molecule has 0 bridgehead atoms. The molecule has 0 aromatic carbocycles. The number of carbonyl (C=O) groups excluding carboxylic acids is 1. The van der Waals surface area contributed by atoms with Gasteiger partial charge in [0, 0.05) is 13.6 Å². The van der Waals surface area contributed by atoms with Crippen molar-refractivity contribution in [3.63, 3.8) is 0 Å². The molecule has 6 nitrogen and oxygen atoms in total. The number of amides is 1. The Hall–Kier alpha value is -1.64. The van der Waals surface area contributed by atoms with Crippen molar-refractivity contribution in [3.8, 4) is 0 Å². The van der Waals surface area contributed by atoms with Gasteiger partial charge in [0.2, 0.25) is 5.91 Å². The van der Waals surface area contributed by atoms with Crippen LogP contribution in [-0.4, -0.2) is 45.6 Å². The third-order valence-electron chi connectivity index (χ3n) is 1.93. The van der Waals surface area contributed by atoms with Crippen LogP contribution in [0.15, 0.2) is 6.20 Å². The molecular weight excluding hydrogens is 239 g/mol. The second kappa shape index (κ2) is 5.13. The first-order valence-electron chi connectivity index (χ1n) is 4.71. The lowest BCUT2D eigenvalue weighted by atomic mass is 10.4. The normalized spacial score (nSPS) is 11.6. The van der Waals surface area contributed by atoms with Gasteiger partial charge in [-0.3, -0.25) is 4.79 Å². The molecule has 17 heavy (non-hydrogen) atoms. The smallest absolute Gasteiger partial charge is 0.335 e. The molecule has 0 radical (unpaired) electrons. The Labute approximate surface area is 95.2 Å². The highest BCUT2D eigenvalue weighted by atomic mass is 19.4. The Morgan fingerprint density at radius 3 is 2.71 bits per heavy atom. The van der Waals surface area contributed by atoms with Crippen LogP contribution < -0.4 is 5.73 Å². The third-order valence-corrected chi connectivity index (χ3v) is 1.93. The summed E-state index contributed by atoms with van der Waals surface area (Å²) in [6.07, 6.45) is -2.99. The molecule has 1 heterocycles. The van der Waals surface area contributed by atoms with E-state index in [0.29, 0.717) is 10.6 Å². The highest BCUT2D eigenvalue weighted by molar-refractivity contribution is 5.75. The van der Waals surface area contributed by atoms with Gasteiger partial charge >= 0.3 is 6.18 Å². The van der Waals surface area contributed by atoms with Crippen LogP contribution in [0.4, 0.5) is 13.2 Å². The standard InChI is InChI=1S/C8H12F3N5O/c1-15(5-8(9,10)11)7(17)4-16-3-6(2-12)13-14-16/h3H,2,4-5,12H2,1H3. The zero-order valence-corrected chi connectivity index (χ0v) is 9.11. The maximum atomic E-state index is 12.0. The van der Waals surface area contributed by atoms with Gasteiger partial charge in [-0.05, 0) is 0 Å². The molecule has 0 atom stereocenters. The Balaban J connectivity index is 2.54. The van der Waals surface area contributed by atoms with Crippen LogP contribution in [0.5, 0.6) is 0 Å². The predicted octanol–water partition coefficient (Wildman–Crippen LogP) is -0.243. The molecule has 2 N–H and O–H groups in total. The lowest BCUT2D eigenvalue weighted by Gasteiger charge is -2.18. The number of likely N-dealkylation sites (N-methyl/N-ethyl adjacent to an activating group) is 1. The zero-order valence-electron chi connectivity index (χ0n) is 9.11. The first kappa shape index (κ1) is 13.4. The average molecular weight is 251 g/mol. The summed E-state index contributed by atoms with van der Waals surface area (Å²) in [5.41, 5.74) is 5.75. The first-order valence-corrected chi connectivity index (χ1v) is 4.71. The van der Waals surface area contributed by atoms with Gasteiger partial charge in [0.1, 0.15) is 13.1 Å². The number of hydrogen-bond donors (Lipinski definition) is 1. The maximum Gasteiger partial charge on any atom is 0.406 e. The number of aromatic nitrogens is 3. The molecule has 96 valence electrons. The number of halogens is 3. The van der Waals surface area contributed by atoms with Crippen LogP contribution in [0.1, 0.15) is 5.69 Å². The van der Waals surface area contributed by atoms with Crippen LogP contribution in [-0.2, 0) is 17.9 Å². The number of carbonyl (C=O) groups is 1. The lowest BCUT2D eigenvalue weighted by molar-refractivity contribution is -0.158. The van der Waals surface area contributed by atoms with Gasteiger partial charge in [-0.25, -0.2) is 4.68 Å². The summed E-state index contributed by atoms with van der Waals surface area (Å²) in [7, 11) is 1.08. The monoisotopic (exact) mass is 251 g/mol. The number of nitrogens with two attached hydrogens (primary N) is 1. The van der Waals surface area contributed by atoms with Gasteiger partial charge in [-0.15, -0.1) is 5.10 Å². The quantitative estimate of drug-likeness (QED) is 0.801. The van der Waals surface area contributed by atoms with Gasteiger partial charge in [-0.1, -0.05) is 5.21 Å². The Morgan fingerprint density at radius 2 is 2.24 bits per heavy atom. The number of rotatable bonds is 4. The molecule has 0 aliphatic rings. The molecule has 1 aromatic rings. The van der Waals surface area contributed by atoms with Crippen molar-refractivity contribution in [3.05, 3.63) is 11.9 Å². The van der Waals surface area contributed by atoms with Crippen molar-refractivity contribution < 1.29 is 18.0 Å². The van der Waals surface area contributed by atoms with E-state index in [1.807, 2.05) is 0 Å². The molecule has 9 heteroatoms. The first-order chi connectivity index (χ1) is 7.81. The largest absolute Gasteiger partial charge is 0.406 e. The van der Waals surface area contributed by atoms with Crippen LogP contribution in [0.3, 0.4) is 0 Å². The summed E-state index contributed by atoms with van der Waals surface area (Å²) in [5, 5.41) is 7.18. The van der Waals surface area contributed by atoms with Crippen LogP contribution in [0.25, 0.3) is 0 Å². The van der Waals surface area contributed by atoms with Crippen molar-refractivity contribution in [2.24, 2.45) is 5.73 Å². The highest BCUT2D eigenvalue weighted by Crippen LogP contribution is 2.15. The summed E-state index contributed by atoms with van der Waals surface area (Å²) >= 11 is 0. The fourth-order valence-corrected chi connectivity index (χ4v) is 1.13. The van der Waals surface area contributed by atoms with Gasteiger partial charge in [0.15, 0.2) is 0 Å². The van der Waals surface area contributed by atoms with Gasteiger partial charge in [0.05, 0.1) is 11.9 Å². The van der Waals surface area contributed by atoms with Crippen LogP contribution in [0.2, 0.25) is 0 Å².